The normalized spacial score (nSPS) is 27.9. The Bertz CT molecular complexity index is 736. The van der Waals surface area contributed by atoms with Crippen molar-refractivity contribution in [3.63, 3.8) is 0 Å². The zero-order valence-corrected chi connectivity index (χ0v) is 14.2. The van der Waals surface area contributed by atoms with Crippen molar-refractivity contribution < 1.29 is 27.6 Å². The first kappa shape index (κ1) is 14.9. The summed E-state index contributed by atoms with van der Waals surface area (Å²) >= 11 is 0. The molecule has 6 nitrogen and oxygen atoms in total. The monoisotopic (exact) mass is 338 g/mol. The van der Waals surface area contributed by atoms with Crippen LogP contribution in [0.2, 0.25) is 0 Å². The number of hydrogen-bond acceptors (Lipinski definition) is 6. The van der Waals surface area contributed by atoms with Crippen molar-refractivity contribution in [3.05, 3.63) is 35.1 Å². The Labute approximate surface area is 134 Å². The molecule has 2 heterocycles. The van der Waals surface area contributed by atoms with Gasteiger partial charge in [0.05, 0.1) is 0 Å². The van der Waals surface area contributed by atoms with Crippen LogP contribution in [0.25, 0.3) is 0 Å². The van der Waals surface area contributed by atoms with Gasteiger partial charge in [-0.05, 0) is 0 Å². The summed E-state index contributed by atoms with van der Waals surface area (Å²) in [6.07, 6.45) is 1.98. The molecule has 0 radical (unpaired) electrons. The fraction of sp³-hybridized carbons (Fsp3) is 0.438. The van der Waals surface area contributed by atoms with Crippen LogP contribution in [0.4, 0.5) is 0 Å². The zero-order chi connectivity index (χ0) is 16.3. The van der Waals surface area contributed by atoms with Crippen molar-refractivity contribution in [3.8, 4) is 11.5 Å². The first-order valence-corrected chi connectivity index (χ1v) is 9.54. The van der Waals surface area contributed by atoms with E-state index in [1.807, 2.05) is 12.1 Å². The van der Waals surface area contributed by atoms with Gasteiger partial charge in [-0.3, -0.25) is 0 Å². The molecule has 1 aliphatic carbocycles. The van der Waals surface area contributed by atoms with E-state index in [1.165, 1.54) is 14.2 Å². The van der Waals surface area contributed by atoms with Gasteiger partial charge >= 0.3 is 134 Å². The van der Waals surface area contributed by atoms with E-state index in [0.717, 1.165) is 12.0 Å². The predicted octanol–water partition coefficient (Wildman–Crippen LogP) is 3.67. The second-order valence-corrected chi connectivity index (χ2v) is 9.16. The van der Waals surface area contributed by atoms with Crippen molar-refractivity contribution in [1.29, 1.82) is 0 Å². The molecule has 4 rings (SSSR count). The second-order valence-electron chi connectivity index (χ2n) is 5.81. The first-order valence-electron chi connectivity index (χ1n) is 7.56. The van der Waals surface area contributed by atoms with E-state index in [9.17, 15) is 4.79 Å². The predicted molar refractivity (Wildman–Crippen MR) is 84.3 cm³/mol. The molecule has 1 aromatic carbocycles. The summed E-state index contributed by atoms with van der Waals surface area (Å²) in [5, 5.41) is 0. The molecule has 23 heavy (non-hydrogen) atoms. The second kappa shape index (κ2) is 4.69. The van der Waals surface area contributed by atoms with Gasteiger partial charge in [-0.2, -0.15) is 0 Å². The van der Waals surface area contributed by atoms with Crippen LogP contribution in [-0.2, 0) is 18.4 Å². The van der Waals surface area contributed by atoms with E-state index in [2.05, 4.69) is 0 Å². The van der Waals surface area contributed by atoms with Crippen LogP contribution in [-0.4, -0.2) is 27.1 Å². The maximum absolute atomic E-state index is 12.6. The van der Waals surface area contributed by atoms with Crippen molar-refractivity contribution in [2.75, 3.05) is 21.3 Å². The molecule has 1 unspecified atom stereocenters. The van der Waals surface area contributed by atoms with Gasteiger partial charge in [-0.15, -0.1) is 0 Å². The Kier molecular flexibility index (Phi) is 3.05. The molecule has 1 aromatic rings. The number of rotatable bonds is 3. The minimum absolute atomic E-state index is 0.0797. The van der Waals surface area contributed by atoms with Crippen LogP contribution in [0.5, 0.6) is 11.5 Å². The van der Waals surface area contributed by atoms with Gasteiger partial charge in [-0.1, -0.05) is 0 Å². The van der Waals surface area contributed by atoms with Crippen LogP contribution in [0.15, 0.2) is 29.5 Å². The first-order chi connectivity index (χ1) is 11.1. The Morgan fingerprint density at radius 2 is 1.91 bits per heavy atom. The fourth-order valence-electron chi connectivity index (χ4n) is 3.76. The number of fused-ring (bicyclic) bond motifs is 4. The van der Waals surface area contributed by atoms with Crippen LogP contribution in [0, 0.1) is 0 Å². The molecular weight excluding hydrogens is 319 g/mol. The molecule has 124 valence electrons. The topological polar surface area (TPSA) is 63.2 Å². The summed E-state index contributed by atoms with van der Waals surface area (Å²) in [4.78, 5) is 12.6. The summed E-state index contributed by atoms with van der Waals surface area (Å²) < 4.78 is 29.4. The number of methoxy groups -OCH3 is 1. The molecule has 0 fully saturated rings. The number of Topliss-reactive ketones (excluding diaryl/α,β-unsaturated/α-hetero) is 1. The van der Waals surface area contributed by atoms with Crippen molar-refractivity contribution in [2.24, 2.45) is 0 Å². The summed E-state index contributed by atoms with van der Waals surface area (Å²) in [6, 6.07) is 5.59. The molecule has 0 spiro atoms. The molecular formula is C16H19O6P. The molecule has 0 bridgehead atoms. The maximum atomic E-state index is 12.6. The van der Waals surface area contributed by atoms with Gasteiger partial charge in [0.2, 0.25) is 0 Å². The van der Waals surface area contributed by atoms with E-state index in [-0.39, 0.29) is 5.78 Å². The number of hydrogen-bond donors (Lipinski definition) is 0. The summed E-state index contributed by atoms with van der Waals surface area (Å²) in [5.74, 6) is 1.84. The molecule has 1 atom stereocenters. The SMILES string of the molecule is COc1cccc2c1OP1(OC)(OC)OC3=C(C(=O)CCC3)C21. The van der Waals surface area contributed by atoms with Gasteiger partial charge in [-0.25, -0.2) is 0 Å². The average Bonchev–Trinajstić information content (AvgIpc) is 3.03. The Balaban J connectivity index is 1.99. The molecule has 0 N–H and O–H groups in total. The van der Waals surface area contributed by atoms with Crippen molar-refractivity contribution in [2.45, 2.75) is 24.9 Å². The Morgan fingerprint density at radius 3 is 2.61 bits per heavy atom. The third-order valence-electron chi connectivity index (χ3n) is 4.82. The zero-order valence-electron chi connectivity index (χ0n) is 13.3. The van der Waals surface area contributed by atoms with Crippen LogP contribution in [0.1, 0.15) is 30.5 Å². The average molecular weight is 338 g/mol. The quantitative estimate of drug-likeness (QED) is 0.784. The minimum atomic E-state index is -3.99. The standard InChI is InChI=1S/C16H19O6P/c1-18-13-9-4-6-10-15(13)22-23(19-2,20-3)16(10)14-11(17)7-5-8-12(14)21-23/h4,6,9,16H,5,7-8H2,1-3H3. The third-order valence-corrected chi connectivity index (χ3v) is 8.57. The molecule has 0 saturated carbocycles. The van der Waals surface area contributed by atoms with E-state index in [4.69, 9.17) is 22.8 Å². The van der Waals surface area contributed by atoms with Crippen LogP contribution >= 0.6 is 7.51 Å². The number of carbonyl (C=O) groups excluding carboxylic acids is 1. The van der Waals surface area contributed by atoms with Gasteiger partial charge in [0, 0.05) is 0 Å². The van der Waals surface area contributed by atoms with Crippen molar-refractivity contribution >= 4 is 13.3 Å². The molecule has 7 heteroatoms. The van der Waals surface area contributed by atoms with Gasteiger partial charge < -0.3 is 0 Å². The third kappa shape index (κ3) is 1.66. The molecule has 0 aromatic heterocycles. The van der Waals surface area contributed by atoms with Gasteiger partial charge in [0.15, 0.2) is 0 Å². The molecule has 2 aliphatic heterocycles. The number of benzene rings is 1. The van der Waals surface area contributed by atoms with Gasteiger partial charge in [0.1, 0.15) is 0 Å². The molecule has 3 aliphatic rings. The summed E-state index contributed by atoms with van der Waals surface area (Å²) in [7, 11) is 0.605. The van der Waals surface area contributed by atoms with E-state index in [1.54, 1.807) is 13.2 Å². The fourth-order valence-corrected chi connectivity index (χ4v) is 7.35. The van der Waals surface area contributed by atoms with Gasteiger partial charge in [0.25, 0.3) is 0 Å². The van der Waals surface area contributed by atoms with E-state index in [0.29, 0.717) is 35.7 Å². The Hall–Kier alpha value is -1.62. The van der Waals surface area contributed by atoms with Crippen LogP contribution in [0.3, 0.4) is 0 Å². The summed E-state index contributed by atoms with van der Waals surface area (Å²) in [5.41, 5.74) is 1.000. The number of allylic oxidation sites excluding steroid dienone is 2. The number of para-hydroxylation sites is 1. The Morgan fingerprint density at radius 1 is 1.13 bits per heavy atom. The van der Waals surface area contributed by atoms with Crippen molar-refractivity contribution in [1.82, 2.24) is 0 Å². The van der Waals surface area contributed by atoms with E-state index < -0.39 is 13.2 Å². The molecule has 0 amide bonds. The van der Waals surface area contributed by atoms with Crippen LogP contribution < -0.4 is 9.26 Å². The van der Waals surface area contributed by atoms with E-state index >= 15 is 0 Å². The molecule has 0 saturated heterocycles. The number of carbonyl (C=O) groups is 1. The number of ether oxygens (including phenoxy) is 1. The summed E-state index contributed by atoms with van der Waals surface area (Å²) in [6.45, 7) is 0. The number of ketones is 1.